The van der Waals surface area contributed by atoms with Crippen molar-refractivity contribution in [3.63, 3.8) is 0 Å². The van der Waals surface area contributed by atoms with Gasteiger partial charge < -0.3 is 5.11 Å². The van der Waals surface area contributed by atoms with Crippen LogP contribution in [-0.2, 0) is 4.79 Å². The van der Waals surface area contributed by atoms with Gasteiger partial charge in [0.05, 0.1) is 0 Å². The van der Waals surface area contributed by atoms with E-state index in [0.29, 0.717) is 0 Å². The fraction of sp³-hybridized carbons (Fsp3) is 0.941. The van der Waals surface area contributed by atoms with Crippen molar-refractivity contribution < 1.29 is 9.90 Å². The molecule has 0 aromatic carbocycles. The van der Waals surface area contributed by atoms with E-state index in [1.807, 2.05) is 0 Å². The van der Waals surface area contributed by atoms with Gasteiger partial charge in [-0.15, -0.1) is 11.8 Å². The summed E-state index contributed by atoms with van der Waals surface area (Å²) in [7, 11) is 0. The molecule has 0 aliphatic carbocycles. The van der Waals surface area contributed by atoms with Crippen LogP contribution in [0.4, 0.5) is 0 Å². The Labute approximate surface area is 130 Å². The van der Waals surface area contributed by atoms with Crippen molar-refractivity contribution >= 4 is 17.7 Å². The zero-order chi connectivity index (χ0) is 15.3. The first kappa shape index (κ1) is 19.8. The highest BCUT2D eigenvalue weighted by molar-refractivity contribution is 8.01. The standard InChI is InChI=1S/C17H34O2S/c1-4-5-6-7-8-9-10-11-12-13-14-15-20-17(2,3)16(18)19/h4-15H2,1-3H3,(H,18,19). The highest BCUT2D eigenvalue weighted by Gasteiger charge is 2.26. The van der Waals surface area contributed by atoms with E-state index in [-0.39, 0.29) is 0 Å². The van der Waals surface area contributed by atoms with Gasteiger partial charge in [-0.3, -0.25) is 4.79 Å². The zero-order valence-electron chi connectivity index (χ0n) is 13.7. The van der Waals surface area contributed by atoms with Crippen LogP contribution in [0.1, 0.15) is 91.4 Å². The van der Waals surface area contributed by atoms with E-state index in [1.165, 1.54) is 64.2 Å². The van der Waals surface area contributed by atoms with Crippen LogP contribution >= 0.6 is 11.8 Å². The molecular formula is C17H34O2S. The number of unbranched alkanes of at least 4 members (excludes halogenated alkanes) is 10. The largest absolute Gasteiger partial charge is 0.480 e. The van der Waals surface area contributed by atoms with E-state index in [1.54, 1.807) is 25.6 Å². The van der Waals surface area contributed by atoms with Crippen molar-refractivity contribution in [2.75, 3.05) is 5.75 Å². The van der Waals surface area contributed by atoms with Crippen LogP contribution in [0.5, 0.6) is 0 Å². The predicted octanol–water partition coefficient (Wildman–Crippen LogP) is 5.89. The highest BCUT2D eigenvalue weighted by Crippen LogP contribution is 2.25. The molecule has 0 unspecified atom stereocenters. The molecule has 0 atom stereocenters. The van der Waals surface area contributed by atoms with Gasteiger partial charge in [0.25, 0.3) is 0 Å². The van der Waals surface area contributed by atoms with E-state index in [9.17, 15) is 4.79 Å². The normalized spacial score (nSPS) is 11.8. The minimum absolute atomic E-state index is 0.626. The number of aliphatic carboxylic acids is 1. The zero-order valence-corrected chi connectivity index (χ0v) is 14.6. The maximum Gasteiger partial charge on any atom is 0.319 e. The molecule has 0 radical (unpaired) electrons. The summed E-state index contributed by atoms with van der Waals surface area (Å²) in [5, 5.41) is 9.00. The van der Waals surface area contributed by atoms with Gasteiger partial charge in [-0.2, -0.15) is 0 Å². The summed E-state index contributed by atoms with van der Waals surface area (Å²) in [4.78, 5) is 10.9. The fourth-order valence-electron chi connectivity index (χ4n) is 2.16. The smallest absolute Gasteiger partial charge is 0.319 e. The van der Waals surface area contributed by atoms with Crippen LogP contribution < -0.4 is 0 Å². The lowest BCUT2D eigenvalue weighted by atomic mass is 10.1. The van der Waals surface area contributed by atoms with Gasteiger partial charge in [-0.1, -0.05) is 71.1 Å². The monoisotopic (exact) mass is 302 g/mol. The lowest BCUT2D eigenvalue weighted by Gasteiger charge is -2.17. The van der Waals surface area contributed by atoms with E-state index in [4.69, 9.17) is 5.11 Å². The van der Waals surface area contributed by atoms with Crippen LogP contribution in [-0.4, -0.2) is 21.6 Å². The van der Waals surface area contributed by atoms with Crippen LogP contribution in [0.25, 0.3) is 0 Å². The quantitative estimate of drug-likeness (QED) is 0.406. The number of hydrogen-bond donors (Lipinski definition) is 1. The van der Waals surface area contributed by atoms with E-state index in [0.717, 1.165) is 12.2 Å². The number of thioether (sulfide) groups is 1. The molecule has 0 saturated heterocycles. The lowest BCUT2D eigenvalue weighted by molar-refractivity contribution is -0.138. The first-order valence-corrected chi connectivity index (χ1v) is 9.36. The summed E-state index contributed by atoms with van der Waals surface area (Å²) >= 11 is 1.57. The van der Waals surface area contributed by atoms with Crippen molar-refractivity contribution in [1.82, 2.24) is 0 Å². The van der Waals surface area contributed by atoms with E-state index >= 15 is 0 Å². The molecule has 0 aliphatic heterocycles. The molecule has 120 valence electrons. The molecule has 1 N–H and O–H groups in total. The van der Waals surface area contributed by atoms with Gasteiger partial charge in [0.2, 0.25) is 0 Å². The van der Waals surface area contributed by atoms with Crippen molar-refractivity contribution in [2.24, 2.45) is 0 Å². The second-order valence-corrected chi connectivity index (χ2v) is 7.92. The Morgan fingerprint density at radius 1 is 0.850 bits per heavy atom. The SMILES string of the molecule is CCCCCCCCCCCCCSC(C)(C)C(=O)O. The molecule has 0 aromatic rings. The molecule has 0 amide bonds. The first-order valence-electron chi connectivity index (χ1n) is 8.38. The Morgan fingerprint density at radius 2 is 1.25 bits per heavy atom. The Hall–Kier alpha value is -0.180. The summed E-state index contributed by atoms with van der Waals surface area (Å²) in [5.74, 6) is 0.265. The van der Waals surface area contributed by atoms with Crippen molar-refractivity contribution in [2.45, 2.75) is 96.1 Å². The van der Waals surface area contributed by atoms with Gasteiger partial charge in [0, 0.05) is 0 Å². The number of carbonyl (C=O) groups is 1. The van der Waals surface area contributed by atoms with Crippen molar-refractivity contribution in [1.29, 1.82) is 0 Å². The molecule has 0 aliphatic rings. The van der Waals surface area contributed by atoms with Gasteiger partial charge in [-0.05, 0) is 26.0 Å². The molecule has 0 spiro atoms. The summed E-state index contributed by atoms with van der Waals surface area (Å²) in [5.41, 5.74) is 0. The molecular weight excluding hydrogens is 268 g/mol. The van der Waals surface area contributed by atoms with E-state index < -0.39 is 10.7 Å². The molecule has 0 rings (SSSR count). The van der Waals surface area contributed by atoms with Crippen molar-refractivity contribution in [3.8, 4) is 0 Å². The Bertz CT molecular complexity index is 239. The second-order valence-electron chi connectivity index (χ2n) is 6.20. The van der Waals surface area contributed by atoms with E-state index in [2.05, 4.69) is 6.92 Å². The minimum Gasteiger partial charge on any atom is -0.480 e. The lowest BCUT2D eigenvalue weighted by Crippen LogP contribution is -2.27. The van der Waals surface area contributed by atoms with Crippen LogP contribution in [0.15, 0.2) is 0 Å². The third kappa shape index (κ3) is 11.6. The van der Waals surface area contributed by atoms with Gasteiger partial charge >= 0.3 is 5.97 Å². The summed E-state index contributed by atoms with van der Waals surface area (Å²) in [6, 6.07) is 0. The number of hydrogen-bond acceptors (Lipinski definition) is 2. The van der Waals surface area contributed by atoms with Crippen LogP contribution in [0.3, 0.4) is 0 Å². The van der Waals surface area contributed by atoms with Gasteiger partial charge in [0.15, 0.2) is 0 Å². The molecule has 0 saturated carbocycles. The summed E-state index contributed by atoms with van der Waals surface area (Å²) in [6.07, 6.45) is 14.8. The Morgan fingerprint density at radius 3 is 1.65 bits per heavy atom. The molecule has 0 aromatic heterocycles. The topological polar surface area (TPSA) is 37.3 Å². The molecule has 0 bridgehead atoms. The third-order valence-corrected chi connectivity index (χ3v) is 5.11. The molecule has 0 fully saturated rings. The molecule has 0 heterocycles. The average Bonchev–Trinajstić information content (AvgIpc) is 2.39. The first-order chi connectivity index (χ1) is 9.50. The second kappa shape index (κ2) is 12.6. The highest BCUT2D eigenvalue weighted by atomic mass is 32.2. The van der Waals surface area contributed by atoms with Gasteiger partial charge in [0.1, 0.15) is 4.75 Å². The minimum atomic E-state index is -0.703. The van der Waals surface area contributed by atoms with Crippen molar-refractivity contribution in [3.05, 3.63) is 0 Å². The maximum absolute atomic E-state index is 10.9. The summed E-state index contributed by atoms with van der Waals surface area (Å²) in [6.45, 7) is 5.84. The molecule has 2 nitrogen and oxygen atoms in total. The number of carboxylic acids is 1. The number of carboxylic acid groups (broad SMARTS) is 1. The predicted molar refractivity (Wildman–Crippen MR) is 90.6 cm³/mol. The number of rotatable bonds is 14. The molecule has 20 heavy (non-hydrogen) atoms. The van der Waals surface area contributed by atoms with Gasteiger partial charge in [-0.25, -0.2) is 0 Å². The maximum atomic E-state index is 10.9. The van der Waals surface area contributed by atoms with Crippen LogP contribution in [0.2, 0.25) is 0 Å². The Balaban J connectivity index is 3.19. The fourth-order valence-corrected chi connectivity index (χ4v) is 3.14. The summed E-state index contributed by atoms with van der Waals surface area (Å²) < 4.78 is -0.626. The average molecular weight is 303 g/mol. The van der Waals surface area contributed by atoms with Crippen LogP contribution in [0, 0.1) is 0 Å². The Kier molecular flexibility index (Phi) is 12.4. The molecule has 3 heteroatoms. The third-order valence-electron chi connectivity index (χ3n) is 3.73.